The Morgan fingerprint density at radius 1 is 1.04 bits per heavy atom. The van der Waals surface area contributed by atoms with Gasteiger partial charge in [-0.05, 0) is 29.8 Å². The van der Waals surface area contributed by atoms with E-state index in [1.807, 2.05) is 54.6 Å². The highest BCUT2D eigenvalue weighted by atomic mass is 16.5. The van der Waals surface area contributed by atoms with E-state index in [4.69, 9.17) is 4.74 Å². The zero-order chi connectivity index (χ0) is 17.4. The predicted octanol–water partition coefficient (Wildman–Crippen LogP) is 3.07. The summed E-state index contributed by atoms with van der Waals surface area (Å²) in [5.74, 6) is 0.607. The highest BCUT2D eigenvalue weighted by Crippen LogP contribution is 2.13. The van der Waals surface area contributed by atoms with E-state index >= 15 is 0 Å². The van der Waals surface area contributed by atoms with E-state index in [1.54, 1.807) is 12.0 Å². The molecule has 0 radical (unpaired) electrons. The normalized spacial score (nSPS) is 10.1. The summed E-state index contributed by atoms with van der Waals surface area (Å²) in [4.78, 5) is 25.5. The molecule has 0 aliphatic carbocycles. The Kier molecular flexibility index (Phi) is 6.37. The summed E-state index contributed by atoms with van der Waals surface area (Å²) in [6.45, 7) is 2.36. The smallest absolute Gasteiger partial charge is 0.226 e. The molecule has 0 aliphatic rings. The standard InChI is InChI=1S/C19H22N2O3/c1-15(22)21(14-16-8-10-18(24-2)11-9-16)13-12-19(23)20-17-6-4-3-5-7-17/h3-11H,12-14H2,1-2H3,(H,20,23). The van der Waals surface area contributed by atoms with Gasteiger partial charge in [-0.2, -0.15) is 0 Å². The SMILES string of the molecule is COc1ccc(CN(CCC(=O)Nc2ccccc2)C(C)=O)cc1. The van der Waals surface area contributed by atoms with E-state index in [0.717, 1.165) is 17.0 Å². The lowest BCUT2D eigenvalue weighted by Gasteiger charge is -2.21. The number of nitrogens with one attached hydrogen (secondary N) is 1. The summed E-state index contributed by atoms with van der Waals surface area (Å²) in [6.07, 6.45) is 0.255. The number of hydrogen-bond donors (Lipinski definition) is 1. The maximum atomic E-state index is 12.0. The second-order valence-corrected chi connectivity index (χ2v) is 5.45. The molecule has 0 aromatic heterocycles. The minimum atomic E-state index is -0.109. The van der Waals surface area contributed by atoms with Gasteiger partial charge in [0, 0.05) is 32.1 Å². The fourth-order valence-corrected chi connectivity index (χ4v) is 2.28. The van der Waals surface area contributed by atoms with Gasteiger partial charge in [0.1, 0.15) is 5.75 Å². The molecular formula is C19H22N2O3. The molecule has 0 heterocycles. The van der Waals surface area contributed by atoms with Crippen LogP contribution in [0.1, 0.15) is 18.9 Å². The molecule has 24 heavy (non-hydrogen) atoms. The van der Waals surface area contributed by atoms with E-state index in [2.05, 4.69) is 5.32 Å². The number of nitrogens with zero attached hydrogens (tertiary/aromatic N) is 1. The van der Waals surface area contributed by atoms with Crippen molar-refractivity contribution in [1.82, 2.24) is 4.90 Å². The van der Waals surface area contributed by atoms with Crippen LogP contribution >= 0.6 is 0 Å². The average molecular weight is 326 g/mol. The number of ether oxygens (including phenoxy) is 1. The molecule has 0 spiro atoms. The summed E-state index contributed by atoms with van der Waals surface area (Å²) in [7, 11) is 1.61. The van der Waals surface area contributed by atoms with Crippen LogP contribution in [0, 0.1) is 0 Å². The number of carbonyl (C=O) groups excluding carboxylic acids is 2. The third-order valence-electron chi connectivity index (χ3n) is 3.64. The second-order valence-electron chi connectivity index (χ2n) is 5.45. The Bertz CT molecular complexity index is 669. The molecule has 2 aromatic rings. The number of methoxy groups -OCH3 is 1. The first-order valence-electron chi connectivity index (χ1n) is 7.82. The maximum Gasteiger partial charge on any atom is 0.226 e. The van der Waals surface area contributed by atoms with E-state index < -0.39 is 0 Å². The van der Waals surface area contributed by atoms with Gasteiger partial charge in [-0.1, -0.05) is 30.3 Å². The molecule has 1 N–H and O–H groups in total. The summed E-state index contributed by atoms with van der Waals surface area (Å²) in [5.41, 5.74) is 1.75. The van der Waals surface area contributed by atoms with Crippen molar-refractivity contribution < 1.29 is 14.3 Å². The largest absolute Gasteiger partial charge is 0.497 e. The minimum Gasteiger partial charge on any atom is -0.497 e. The van der Waals surface area contributed by atoms with Crippen molar-refractivity contribution in [2.45, 2.75) is 19.9 Å². The number of rotatable bonds is 7. The molecular weight excluding hydrogens is 304 g/mol. The molecule has 126 valence electrons. The molecule has 0 saturated heterocycles. The number of amides is 2. The number of para-hydroxylation sites is 1. The first kappa shape index (κ1) is 17.5. The molecule has 0 fully saturated rings. The third kappa shape index (κ3) is 5.43. The lowest BCUT2D eigenvalue weighted by atomic mass is 10.2. The number of benzene rings is 2. The van der Waals surface area contributed by atoms with Gasteiger partial charge in [-0.3, -0.25) is 9.59 Å². The topological polar surface area (TPSA) is 58.6 Å². The fraction of sp³-hybridized carbons (Fsp3) is 0.263. The van der Waals surface area contributed by atoms with Crippen molar-refractivity contribution >= 4 is 17.5 Å². The Hall–Kier alpha value is -2.82. The number of hydrogen-bond acceptors (Lipinski definition) is 3. The quantitative estimate of drug-likeness (QED) is 0.850. The van der Waals surface area contributed by atoms with Crippen LogP contribution in [0.25, 0.3) is 0 Å². The molecule has 0 unspecified atom stereocenters. The third-order valence-corrected chi connectivity index (χ3v) is 3.64. The first-order valence-corrected chi connectivity index (χ1v) is 7.82. The van der Waals surface area contributed by atoms with Gasteiger partial charge >= 0.3 is 0 Å². The lowest BCUT2D eigenvalue weighted by Crippen LogP contribution is -2.31. The Morgan fingerprint density at radius 3 is 2.29 bits per heavy atom. The van der Waals surface area contributed by atoms with Crippen LogP contribution < -0.4 is 10.1 Å². The zero-order valence-electron chi connectivity index (χ0n) is 14.0. The molecule has 0 bridgehead atoms. The molecule has 5 nitrogen and oxygen atoms in total. The van der Waals surface area contributed by atoms with Gasteiger partial charge in [-0.25, -0.2) is 0 Å². The average Bonchev–Trinajstić information content (AvgIpc) is 2.59. The van der Waals surface area contributed by atoms with Crippen LogP contribution in [-0.2, 0) is 16.1 Å². The van der Waals surface area contributed by atoms with Crippen LogP contribution in [0.5, 0.6) is 5.75 Å². The van der Waals surface area contributed by atoms with Gasteiger partial charge in [0.25, 0.3) is 0 Å². The van der Waals surface area contributed by atoms with E-state index in [-0.39, 0.29) is 18.2 Å². The first-order chi connectivity index (χ1) is 11.6. The van der Waals surface area contributed by atoms with Crippen LogP contribution in [0.15, 0.2) is 54.6 Å². The lowest BCUT2D eigenvalue weighted by molar-refractivity contribution is -0.129. The molecule has 0 aliphatic heterocycles. The summed E-state index contributed by atoms with van der Waals surface area (Å²) >= 11 is 0. The van der Waals surface area contributed by atoms with Crippen molar-refractivity contribution in [2.24, 2.45) is 0 Å². The highest BCUT2D eigenvalue weighted by molar-refractivity contribution is 5.91. The minimum absolute atomic E-state index is 0.0571. The van der Waals surface area contributed by atoms with Gasteiger partial charge in [0.15, 0.2) is 0 Å². The van der Waals surface area contributed by atoms with Gasteiger partial charge < -0.3 is 15.0 Å². The fourth-order valence-electron chi connectivity index (χ4n) is 2.28. The van der Waals surface area contributed by atoms with Gasteiger partial charge in [0.2, 0.25) is 11.8 Å². The van der Waals surface area contributed by atoms with Crippen LogP contribution in [0.4, 0.5) is 5.69 Å². The number of anilines is 1. The van der Waals surface area contributed by atoms with E-state index in [9.17, 15) is 9.59 Å². The monoisotopic (exact) mass is 326 g/mol. The van der Waals surface area contributed by atoms with Crippen LogP contribution in [-0.4, -0.2) is 30.4 Å². The molecule has 5 heteroatoms. The highest BCUT2D eigenvalue weighted by Gasteiger charge is 2.12. The van der Waals surface area contributed by atoms with E-state index in [0.29, 0.717) is 13.1 Å². The van der Waals surface area contributed by atoms with Gasteiger partial charge in [-0.15, -0.1) is 0 Å². The molecule has 2 aromatic carbocycles. The summed E-state index contributed by atoms with van der Waals surface area (Å²) in [6, 6.07) is 16.8. The van der Waals surface area contributed by atoms with Crippen molar-refractivity contribution in [3.8, 4) is 5.75 Å². The molecule has 2 amide bonds. The van der Waals surface area contributed by atoms with Crippen molar-refractivity contribution in [2.75, 3.05) is 19.0 Å². The van der Waals surface area contributed by atoms with Crippen molar-refractivity contribution in [3.05, 3.63) is 60.2 Å². The Labute approximate surface area is 142 Å². The molecule has 0 saturated carbocycles. The Balaban J connectivity index is 1.88. The Morgan fingerprint density at radius 2 is 1.71 bits per heavy atom. The van der Waals surface area contributed by atoms with E-state index in [1.165, 1.54) is 6.92 Å². The van der Waals surface area contributed by atoms with Gasteiger partial charge in [0.05, 0.1) is 7.11 Å². The maximum absolute atomic E-state index is 12.0. The number of carbonyl (C=O) groups is 2. The molecule has 2 rings (SSSR count). The van der Waals surface area contributed by atoms with Crippen molar-refractivity contribution in [3.63, 3.8) is 0 Å². The van der Waals surface area contributed by atoms with Crippen LogP contribution in [0.2, 0.25) is 0 Å². The van der Waals surface area contributed by atoms with Crippen molar-refractivity contribution in [1.29, 1.82) is 0 Å². The predicted molar refractivity (Wildman–Crippen MR) is 93.8 cm³/mol. The summed E-state index contributed by atoms with van der Waals surface area (Å²) in [5, 5.41) is 2.82. The van der Waals surface area contributed by atoms with Crippen LogP contribution in [0.3, 0.4) is 0 Å². The molecule has 0 atom stereocenters. The zero-order valence-corrected chi connectivity index (χ0v) is 14.0. The summed E-state index contributed by atoms with van der Waals surface area (Å²) < 4.78 is 5.12. The second kappa shape index (κ2) is 8.72.